The van der Waals surface area contributed by atoms with Crippen LogP contribution in [0.25, 0.3) is 0 Å². The van der Waals surface area contributed by atoms with Crippen LogP contribution < -0.4 is 14.5 Å². The van der Waals surface area contributed by atoms with Crippen LogP contribution in [0.4, 0.5) is 22.7 Å². The number of para-hydroxylation sites is 4. The molecule has 0 atom stereocenters. The number of carbonyl (C=O) groups is 2. The largest absolute Gasteiger partial charge is 0.453 e. The van der Waals surface area contributed by atoms with E-state index in [1.165, 1.54) is 4.90 Å². The van der Waals surface area contributed by atoms with Crippen LogP contribution in [0.1, 0.15) is 20.7 Å². The summed E-state index contributed by atoms with van der Waals surface area (Å²) < 4.78 is 6.06. The molecule has 0 N–H and O–H groups in total. The van der Waals surface area contributed by atoms with Gasteiger partial charge < -0.3 is 9.64 Å². The fraction of sp³-hybridized carbons (Fsp3) is 0. The van der Waals surface area contributed by atoms with Gasteiger partial charge in [0, 0.05) is 5.69 Å². The van der Waals surface area contributed by atoms with Gasteiger partial charge in [-0.1, -0.05) is 36.4 Å². The molecule has 0 aliphatic carbocycles. The highest BCUT2D eigenvalue weighted by atomic mass is 16.5. The van der Waals surface area contributed by atoms with Crippen molar-refractivity contribution in [3.05, 3.63) is 108 Å². The molecule has 0 fully saturated rings. The van der Waals surface area contributed by atoms with Crippen LogP contribution in [-0.2, 0) is 0 Å². The van der Waals surface area contributed by atoms with E-state index >= 15 is 0 Å². The zero-order chi connectivity index (χ0) is 20.9. The van der Waals surface area contributed by atoms with Gasteiger partial charge in [-0.05, 0) is 60.7 Å². The van der Waals surface area contributed by atoms with Crippen molar-refractivity contribution in [2.45, 2.75) is 0 Å². The number of fused-ring (bicyclic) bond motifs is 3. The molecule has 0 aromatic heterocycles. The smallest absolute Gasteiger partial charge is 0.266 e. The number of rotatable bonds is 2. The summed E-state index contributed by atoms with van der Waals surface area (Å²) in [6, 6.07) is 30.0. The van der Waals surface area contributed by atoms with E-state index in [-0.39, 0.29) is 11.8 Å². The van der Waals surface area contributed by atoms with Gasteiger partial charge in [-0.2, -0.15) is 0 Å². The molecule has 148 valence electrons. The molecule has 0 radical (unpaired) electrons. The summed E-state index contributed by atoms with van der Waals surface area (Å²) in [5, 5.41) is 0. The van der Waals surface area contributed by atoms with E-state index in [9.17, 15) is 9.59 Å². The first-order valence-electron chi connectivity index (χ1n) is 9.96. The predicted molar refractivity (Wildman–Crippen MR) is 119 cm³/mol. The van der Waals surface area contributed by atoms with Crippen molar-refractivity contribution < 1.29 is 14.3 Å². The molecule has 5 heteroatoms. The molecular weight excluding hydrogens is 388 g/mol. The summed E-state index contributed by atoms with van der Waals surface area (Å²) in [7, 11) is 0. The van der Waals surface area contributed by atoms with Crippen LogP contribution in [0.5, 0.6) is 11.5 Å². The van der Waals surface area contributed by atoms with Gasteiger partial charge in [0.05, 0.1) is 28.2 Å². The van der Waals surface area contributed by atoms with E-state index in [1.807, 2.05) is 60.7 Å². The molecule has 0 spiro atoms. The Morgan fingerprint density at radius 3 is 1.42 bits per heavy atom. The first-order valence-corrected chi connectivity index (χ1v) is 9.96. The summed E-state index contributed by atoms with van der Waals surface area (Å²) in [6.07, 6.45) is 0. The third-order valence-corrected chi connectivity index (χ3v) is 5.59. The lowest BCUT2D eigenvalue weighted by molar-refractivity contribution is 0.0926. The van der Waals surface area contributed by atoms with Crippen molar-refractivity contribution in [3.63, 3.8) is 0 Å². The molecule has 2 heterocycles. The van der Waals surface area contributed by atoms with Crippen LogP contribution >= 0.6 is 0 Å². The second-order valence-electron chi connectivity index (χ2n) is 7.38. The van der Waals surface area contributed by atoms with Crippen molar-refractivity contribution in [2.75, 3.05) is 9.80 Å². The Hall–Kier alpha value is -4.38. The summed E-state index contributed by atoms with van der Waals surface area (Å²) >= 11 is 0. The van der Waals surface area contributed by atoms with E-state index in [0.717, 1.165) is 28.6 Å². The van der Waals surface area contributed by atoms with E-state index in [1.54, 1.807) is 36.4 Å². The van der Waals surface area contributed by atoms with Crippen molar-refractivity contribution in [1.82, 2.24) is 0 Å². The first kappa shape index (κ1) is 17.5. The van der Waals surface area contributed by atoms with Crippen molar-refractivity contribution in [2.24, 2.45) is 0 Å². The van der Waals surface area contributed by atoms with Crippen LogP contribution in [-0.4, -0.2) is 11.8 Å². The lowest BCUT2D eigenvalue weighted by atomic mass is 10.1. The van der Waals surface area contributed by atoms with Crippen LogP contribution in [0.15, 0.2) is 97.1 Å². The average molecular weight is 404 g/mol. The average Bonchev–Trinajstić information content (AvgIpc) is 3.08. The number of carbonyl (C=O) groups excluding carboxylic acids is 2. The number of amides is 2. The maximum absolute atomic E-state index is 12.8. The first-order chi connectivity index (χ1) is 15.2. The van der Waals surface area contributed by atoms with E-state index in [0.29, 0.717) is 16.8 Å². The zero-order valence-corrected chi connectivity index (χ0v) is 16.4. The normalized spacial score (nSPS) is 14.1. The maximum Gasteiger partial charge on any atom is 0.266 e. The number of hydrogen-bond donors (Lipinski definition) is 0. The SMILES string of the molecule is O=C1c2ccccc2C(=O)N1c1ccc(N2c3ccccc3Oc3ccccc32)cc1. The molecule has 2 aliphatic heterocycles. The zero-order valence-electron chi connectivity index (χ0n) is 16.4. The molecule has 4 aromatic rings. The fourth-order valence-electron chi connectivity index (χ4n) is 4.16. The molecule has 31 heavy (non-hydrogen) atoms. The number of benzene rings is 4. The summed E-state index contributed by atoms with van der Waals surface area (Å²) in [6.45, 7) is 0. The van der Waals surface area contributed by atoms with Crippen LogP contribution in [0, 0.1) is 0 Å². The van der Waals surface area contributed by atoms with Gasteiger partial charge in [0.2, 0.25) is 0 Å². The monoisotopic (exact) mass is 404 g/mol. The van der Waals surface area contributed by atoms with Gasteiger partial charge in [-0.15, -0.1) is 0 Å². The van der Waals surface area contributed by atoms with Crippen molar-refractivity contribution in [3.8, 4) is 11.5 Å². The Bertz CT molecular complexity index is 1280. The molecule has 4 aromatic carbocycles. The van der Waals surface area contributed by atoms with Gasteiger partial charge in [0.25, 0.3) is 11.8 Å². The number of imide groups is 1. The van der Waals surface area contributed by atoms with Crippen molar-refractivity contribution in [1.29, 1.82) is 0 Å². The summed E-state index contributed by atoms with van der Waals surface area (Å²) in [5.74, 6) is 0.946. The van der Waals surface area contributed by atoms with E-state index < -0.39 is 0 Å². The molecular formula is C26H16N2O3. The van der Waals surface area contributed by atoms with E-state index in [4.69, 9.17) is 4.74 Å². The highest BCUT2D eigenvalue weighted by Crippen LogP contribution is 2.50. The Balaban J connectivity index is 1.41. The molecule has 0 saturated heterocycles. The lowest BCUT2D eigenvalue weighted by Gasteiger charge is -2.32. The molecule has 0 unspecified atom stereocenters. The Labute approximate surface area is 178 Å². The van der Waals surface area contributed by atoms with Crippen LogP contribution in [0.2, 0.25) is 0 Å². The number of nitrogens with zero attached hydrogens (tertiary/aromatic N) is 2. The standard InChI is InChI=1S/C26H16N2O3/c29-25-19-7-1-2-8-20(19)26(30)28(25)18-15-13-17(14-16-18)27-21-9-3-5-11-23(21)31-24-12-6-4-10-22(24)27/h1-16H. The molecule has 2 amide bonds. The third kappa shape index (κ3) is 2.57. The summed E-state index contributed by atoms with van der Waals surface area (Å²) in [5.41, 5.74) is 4.18. The maximum atomic E-state index is 12.8. The number of hydrogen-bond acceptors (Lipinski definition) is 4. The van der Waals surface area contributed by atoms with Gasteiger partial charge >= 0.3 is 0 Å². The second-order valence-corrected chi connectivity index (χ2v) is 7.38. The highest BCUT2D eigenvalue weighted by molar-refractivity contribution is 6.34. The lowest BCUT2D eigenvalue weighted by Crippen LogP contribution is -2.29. The predicted octanol–water partition coefficient (Wildman–Crippen LogP) is 6.06. The van der Waals surface area contributed by atoms with Gasteiger partial charge in [0.15, 0.2) is 11.5 Å². The van der Waals surface area contributed by atoms with Crippen LogP contribution in [0.3, 0.4) is 0 Å². The summed E-state index contributed by atoms with van der Waals surface area (Å²) in [4.78, 5) is 28.9. The van der Waals surface area contributed by atoms with Gasteiger partial charge in [-0.3, -0.25) is 9.59 Å². The molecule has 6 rings (SSSR count). The Morgan fingerprint density at radius 2 is 0.903 bits per heavy atom. The van der Waals surface area contributed by atoms with Gasteiger partial charge in [-0.25, -0.2) is 4.90 Å². The molecule has 0 saturated carbocycles. The minimum Gasteiger partial charge on any atom is -0.453 e. The Kier molecular flexibility index (Phi) is 3.70. The topological polar surface area (TPSA) is 49.9 Å². The highest BCUT2D eigenvalue weighted by Gasteiger charge is 2.36. The fourth-order valence-corrected chi connectivity index (χ4v) is 4.16. The number of ether oxygens (including phenoxy) is 1. The number of anilines is 4. The third-order valence-electron chi connectivity index (χ3n) is 5.59. The van der Waals surface area contributed by atoms with E-state index in [2.05, 4.69) is 4.90 Å². The quantitative estimate of drug-likeness (QED) is 0.336. The molecule has 5 nitrogen and oxygen atoms in total. The second kappa shape index (κ2) is 6.57. The van der Waals surface area contributed by atoms with Crippen molar-refractivity contribution >= 4 is 34.6 Å². The Morgan fingerprint density at radius 1 is 0.484 bits per heavy atom. The minimum atomic E-state index is -0.296. The molecule has 0 bridgehead atoms. The van der Waals surface area contributed by atoms with Gasteiger partial charge in [0.1, 0.15) is 0 Å². The minimum absolute atomic E-state index is 0.296. The molecule has 2 aliphatic rings.